The van der Waals surface area contributed by atoms with E-state index in [4.69, 9.17) is 0 Å². The summed E-state index contributed by atoms with van der Waals surface area (Å²) in [6, 6.07) is 16.1. The van der Waals surface area contributed by atoms with Crippen molar-refractivity contribution in [2.75, 3.05) is 54.2 Å². The van der Waals surface area contributed by atoms with Crippen LogP contribution >= 0.6 is 0 Å². The van der Waals surface area contributed by atoms with Crippen LogP contribution in [0.25, 0.3) is 0 Å². The van der Waals surface area contributed by atoms with Gasteiger partial charge < -0.3 is 20.4 Å². The van der Waals surface area contributed by atoms with Crippen molar-refractivity contribution >= 4 is 28.7 Å². The Morgan fingerprint density at radius 3 is 2.16 bits per heavy atom. The number of hydrogen-bond acceptors (Lipinski definition) is 4. The highest BCUT2D eigenvalue weighted by atomic mass is 16.1. The third-order valence-corrected chi connectivity index (χ3v) is 4.46. The zero-order chi connectivity index (χ0) is 17.6. The molecule has 0 atom stereocenters. The van der Waals surface area contributed by atoms with Crippen molar-refractivity contribution in [3.05, 3.63) is 48.5 Å². The molecule has 5 nitrogen and oxygen atoms in total. The first kappa shape index (κ1) is 17.1. The first-order chi connectivity index (χ1) is 12.1. The lowest BCUT2D eigenvalue weighted by molar-refractivity contribution is -0.114. The van der Waals surface area contributed by atoms with E-state index in [0.29, 0.717) is 0 Å². The zero-order valence-electron chi connectivity index (χ0n) is 15.0. The van der Waals surface area contributed by atoms with Crippen LogP contribution in [-0.4, -0.2) is 39.6 Å². The summed E-state index contributed by atoms with van der Waals surface area (Å²) in [6.45, 7) is 2.53. The first-order valence-electron chi connectivity index (χ1n) is 8.78. The van der Waals surface area contributed by atoms with Crippen LogP contribution in [0.4, 0.5) is 22.7 Å². The van der Waals surface area contributed by atoms with Crippen LogP contribution in [0.3, 0.4) is 0 Å². The number of benzene rings is 2. The molecule has 3 rings (SSSR count). The molecule has 25 heavy (non-hydrogen) atoms. The summed E-state index contributed by atoms with van der Waals surface area (Å²) in [5.74, 6) is -0.0544. The number of rotatable bonds is 6. The Morgan fingerprint density at radius 1 is 0.960 bits per heavy atom. The Morgan fingerprint density at radius 2 is 1.56 bits per heavy atom. The summed E-state index contributed by atoms with van der Waals surface area (Å²) in [7, 11) is 3.99. The van der Waals surface area contributed by atoms with E-state index < -0.39 is 0 Å². The number of nitrogens with one attached hydrogen (secondary N) is 2. The van der Waals surface area contributed by atoms with Gasteiger partial charge in [0.15, 0.2) is 0 Å². The van der Waals surface area contributed by atoms with Crippen LogP contribution in [0, 0.1) is 0 Å². The fraction of sp³-hybridized carbons (Fsp3) is 0.350. The number of nitrogens with zero attached hydrogens (tertiary/aromatic N) is 2. The van der Waals surface area contributed by atoms with Crippen LogP contribution in [0.1, 0.15) is 12.8 Å². The summed E-state index contributed by atoms with van der Waals surface area (Å²) in [4.78, 5) is 16.5. The Hall–Kier alpha value is -2.69. The number of anilines is 4. The van der Waals surface area contributed by atoms with Gasteiger partial charge in [-0.05, 0) is 61.4 Å². The SMILES string of the molecule is CN(C)c1ccc(NC(=O)CNc2ccc(N3CCCC3)cc2)cc1. The molecule has 0 aromatic heterocycles. The van der Waals surface area contributed by atoms with Gasteiger partial charge in [-0.1, -0.05) is 0 Å². The maximum Gasteiger partial charge on any atom is 0.243 e. The van der Waals surface area contributed by atoms with Crippen LogP contribution in [0.2, 0.25) is 0 Å². The molecule has 1 fully saturated rings. The van der Waals surface area contributed by atoms with Gasteiger partial charge in [0.25, 0.3) is 0 Å². The quantitative estimate of drug-likeness (QED) is 0.847. The topological polar surface area (TPSA) is 47.6 Å². The second-order valence-electron chi connectivity index (χ2n) is 6.58. The zero-order valence-corrected chi connectivity index (χ0v) is 15.0. The van der Waals surface area contributed by atoms with Crippen molar-refractivity contribution in [3.8, 4) is 0 Å². The highest BCUT2D eigenvalue weighted by Crippen LogP contribution is 2.22. The average molecular weight is 338 g/mol. The summed E-state index contributed by atoms with van der Waals surface area (Å²) in [6.07, 6.45) is 2.55. The largest absolute Gasteiger partial charge is 0.378 e. The minimum absolute atomic E-state index is 0.0544. The lowest BCUT2D eigenvalue weighted by atomic mass is 10.2. The molecule has 0 aliphatic carbocycles. The van der Waals surface area contributed by atoms with E-state index in [1.807, 2.05) is 55.4 Å². The molecule has 1 heterocycles. The van der Waals surface area contributed by atoms with E-state index >= 15 is 0 Å². The fourth-order valence-electron chi connectivity index (χ4n) is 3.00. The monoisotopic (exact) mass is 338 g/mol. The number of hydrogen-bond donors (Lipinski definition) is 2. The molecule has 5 heteroatoms. The molecular formula is C20H26N4O. The van der Waals surface area contributed by atoms with E-state index in [-0.39, 0.29) is 12.5 Å². The molecule has 2 aromatic rings. The fourth-order valence-corrected chi connectivity index (χ4v) is 3.00. The molecule has 1 amide bonds. The lowest BCUT2D eigenvalue weighted by Gasteiger charge is -2.18. The summed E-state index contributed by atoms with van der Waals surface area (Å²) >= 11 is 0. The Bertz CT molecular complexity index is 689. The maximum atomic E-state index is 12.1. The van der Waals surface area contributed by atoms with Gasteiger partial charge in [-0.25, -0.2) is 0 Å². The molecule has 1 aliphatic rings. The van der Waals surface area contributed by atoms with Gasteiger partial charge in [-0.3, -0.25) is 4.79 Å². The molecule has 0 radical (unpaired) electrons. The predicted molar refractivity (Wildman–Crippen MR) is 106 cm³/mol. The highest BCUT2D eigenvalue weighted by Gasteiger charge is 2.11. The molecular weight excluding hydrogens is 312 g/mol. The van der Waals surface area contributed by atoms with E-state index in [1.54, 1.807) is 0 Å². The van der Waals surface area contributed by atoms with E-state index in [0.717, 1.165) is 30.2 Å². The molecule has 0 saturated carbocycles. The highest BCUT2D eigenvalue weighted by molar-refractivity contribution is 5.93. The smallest absolute Gasteiger partial charge is 0.243 e. The van der Waals surface area contributed by atoms with Gasteiger partial charge in [0, 0.05) is 49.9 Å². The second kappa shape index (κ2) is 7.92. The molecule has 2 N–H and O–H groups in total. The normalized spacial score (nSPS) is 13.6. The summed E-state index contributed by atoms with van der Waals surface area (Å²) in [5.41, 5.74) is 4.13. The molecule has 2 aromatic carbocycles. The van der Waals surface area contributed by atoms with Gasteiger partial charge in [-0.2, -0.15) is 0 Å². The van der Waals surface area contributed by atoms with Crippen molar-refractivity contribution < 1.29 is 4.79 Å². The standard InChI is InChI=1S/C20H26N4O/c1-23(2)18-9-7-17(8-10-18)22-20(25)15-21-16-5-11-19(12-6-16)24-13-3-4-14-24/h5-12,21H,3-4,13-15H2,1-2H3,(H,22,25). The van der Waals surface area contributed by atoms with Crippen LogP contribution in [-0.2, 0) is 4.79 Å². The minimum atomic E-state index is -0.0544. The van der Waals surface area contributed by atoms with Crippen LogP contribution in [0.5, 0.6) is 0 Å². The van der Waals surface area contributed by atoms with Crippen LogP contribution in [0.15, 0.2) is 48.5 Å². The van der Waals surface area contributed by atoms with Crippen molar-refractivity contribution in [2.24, 2.45) is 0 Å². The van der Waals surface area contributed by atoms with Crippen molar-refractivity contribution in [1.29, 1.82) is 0 Å². The average Bonchev–Trinajstić information content (AvgIpc) is 3.15. The van der Waals surface area contributed by atoms with Gasteiger partial charge in [-0.15, -0.1) is 0 Å². The summed E-state index contributed by atoms with van der Waals surface area (Å²) < 4.78 is 0. The molecule has 1 aliphatic heterocycles. The first-order valence-corrected chi connectivity index (χ1v) is 8.78. The minimum Gasteiger partial charge on any atom is -0.378 e. The summed E-state index contributed by atoms with van der Waals surface area (Å²) in [5, 5.41) is 6.08. The molecule has 0 spiro atoms. The number of carbonyl (C=O) groups is 1. The van der Waals surface area contributed by atoms with E-state index in [1.165, 1.54) is 18.5 Å². The van der Waals surface area contributed by atoms with Crippen molar-refractivity contribution in [3.63, 3.8) is 0 Å². The van der Waals surface area contributed by atoms with Crippen molar-refractivity contribution in [2.45, 2.75) is 12.8 Å². The molecule has 0 unspecified atom stereocenters. The van der Waals surface area contributed by atoms with E-state index in [9.17, 15) is 4.79 Å². The van der Waals surface area contributed by atoms with Gasteiger partial charge in [0.1, 0.15) is 0 Å². The van der Waals surface area contributed by atoms with Crippen LogP contribution < -0.4 is 20.4 Å². The Balaban J connectivity index is 1.48. The molecule has 1 saturated heterocycles. The van der Waals surface area contributed by atoms with Gasteiger partial charge >= 0.3 is 0 Å². The maximum absolute atomic E-state index is 12.1. The Kier molecular flexibility index (Phi) is 5.43. The third kappa shape index (κ3) is 4.66. The molecule has 0 bridgehead atoms. The second-order valence-corrected chi connectivity index (χ2v) is 6.58. The number of amides is 1. The molecule has 132 valence electrons. The number of carbonyl (C=O) groups excluding carboxylic acids is 1. The predicted octanol–water partition coefficient (Wildman–Crippen LogP) is 3.40. The third-order valence-electron chi connectivity index (χ3n) is 4.46. The Labute approximate surface area is 149 Å². The van der Waals surface area contributed by atoms with E-state index in [2.05, 4.69) is 27.7 Å². The van der Waals surface area contributed by atoms with Gasteiger partial charge in [0.2, 0.25) is 5.91 Å². The lowest BCUT2D eigenvalue weighted by Crippen LogP contribution is -2.22. The van der Waals surface area contributed by atoms with Gasteiger partial charge in [0.05, 0.1) is 6.54 Å². The van der Waals surface area contributed by atoms with Crippen molar-refractivity contribution in [1.82, 2.24) is 0 Å².